The molecular weight excluding hydrogens is 218 g/mol. The Balaban J connectivity index is 2.50. The van der Waals surface area contributed by atoms with Crippen molar-refractivity contribution in [1.82, 2.24) is 5.32 Å². The standard InChI is InChI=1S/C13H17NO3/c1-3-10(13(16)17-2)9-14-12(15)11-7-5-4-6-8-11/h4-8,10H,3,9H2,1-2H3,(H,14,15). The van der Waals surface area contributed by atoms with Crippen LogP contribution in [-0.4, -0.2) is 25.5 Å². The summed E-state index contributed by atoms with van der Waals surface area (Å²) in [4.78, 5) is 23.0. The number of ether oxygens (including phenoxy) is 1. The highest BCUT2D eigenvalue weighted by Crippen LogP contribution is 2.04. The van der Waals surface area contributed by atoms with Crippen LogP contribution >= 0.6 is 0 Å². The summed E-state index contributed by atoms with van der Waals surface area (Å²) in [6.07, 6.45) is 0.641. The molecule has 17 heavy (non-hydrogen) atoms. The average molecular weight is 235 g/mol. The smallest absolute Gasteiger partial charge is 0.310 e. The predicted octanol–water partition coefficient (Wildman–Crippen LogP) is 1.62. The number of nitrogens with one attached hydrogen (secondary N) is 1. The van der Waals surface area contributed by atoms with Gasteiger partial charge in [0.05, 0.1) is 13.0 Å². The molecule has 0 aliphatic heterocycles. The quantitative estimate of drug-likeness (QED) is 0.789. The van der Waals surface area contributed by atoms with E-state index in [1.54, 1.807) is 24.3 Å². The summed E-state index contributed by atoms with van der Waals surface area (Å²) >= 11 is 0. The Labute approximate surface area is 101 Å². The first-order chi connectivity index (χ1) is 8.19. The van der Waals surface area contributed by atoms with Crippen LogP contribution in [0.25, 0.3) is 0 Å². The van der Waals surface area contributed by atoms with Crippen LogP contribution in [0.5, 0.6) is 0 Å². The van der Waals surface area contributed by atoms with E-state index in [-0.39, 0.29) is 17.8 Å². The van der Waals surface area contributed by atoms with Gasteiger partial charge in [-0.05, 0) is 18.6 Å². The third-order valence-corrected chi connectivity index (χ3v) is 2.57. The van der Waals surface area contributed by atoms with Crippen molar-refractivity contribution in [3.05, 3.63) is 35.9 Å². The second-order valence-corrected chi connectivity index (χ2v) is 3.70. The molecule has 0 aromatic heterocycles. The second-order valence-electron chi connectivity index (χ2n) is 3.70. The van der Waals surface area contributed by atoms with Gasteiger partial charge in [0, 0.05) is 12.1 Å². The monoisotopic (exact) mass is 235 g/mol. The summed E-state index contributed by atoms with van der Waals surface area (Å²) in [5.74, 6) is -0.749. The van der Waals surface area contributed by atoms with Gasteiger partial charge in [0.1, 0.15) is 0 Å². The molecule has 1 unspecified atom stereocenters. The fourth-order valence-corrected chi connectivity index (χ4v) is 1.47. The summed E-state index contributed by atoms with van der Waals surface area (Å²) in [6.45, 7) is 2.19. The van der Waals surface area contributed by atoms with E-state index in [1.165, 1.54) is 7.11 Å². The molecule has 0 saturated carbocycles. The van der Waals surface area contributed by atoms with Crippen LogP contribution in [0.2, 0.25) is 0 Å². The Kier molecular flexibility index (Phi) is 5.20. The number of amides is 1. The number of carbonyl (C=O) groups excluding carboxylic acids is 2. The molecule has 0 spiro atoms. The number of esters is 1. The van der Waals surface area contributed by atoms with Crippen molar-refractivity contribution in [2.45, 2.75) is 13.3 Å². The fourth-order valence-electron chi connectivity index (χ4n) is 1.47. The third-order valence-electron chi connectivity index (χ3n) is 2.57. The zero-order chi connectivity index (χ0) is 12.7. The van der Waals surface area contributed by atoms with Gasteiger partial charge in [-0.15, -0.1) is 0 Å². The lowest BCUT2D eigenvalue weighted by atomic mass is 10.1. The number of benzene rings is 1. The molecule has 0 saturated heterocycles. The number of rotatable bonds is 5. The molecule has 0 aliphatic carbocycles. The van der Waals surface area contributed by atoms with E-state index < -0.39 is 0 Å². The van der Waals surface area contributed by atoms with Gasteiger partial charge in [0.25, 0.3) is 5.91 Å². The van der Waals surface area contributed by atoms with Crippen LogP contribution in [0.1, 0.15) is 23.7 Å². The van der Waals surface area contributed by atoms with Gasteiger partial charge in [-0.1, -0.05) is 25.1 Å². The van der Waals surface area contributed by atoms with Crippen LogP contribution < -0.4 is 5.32 Å². The van der Waals surface area contributed by atoms with Gasteiger partial charge in [-0.2, -0.15) is 0 Å². The minimum Gasteiger partial charge on any atom is -0.469 e. The van der Waals surface area contributed by atoms with Crippen molar-refractivity contribution in [3.63, 3.8) is 0 Å². The highest BCUT2D eigenvalue weighted by Gasteiger charge is 2.17. The molecule has 1 N–H and O–H groups in total. The van der Waals surface area contributed by atoms with Crippen LogP contribution in [-0.2, 0) is 9.53 Å². The van der Waals surface area contributed by atoms with E-state index in [0.717, 1.165) is 0 Å². The molecule has 1 atom stereocenters. The first-order valence-electron chi connectivity index (χ1n) is 5.60. The molecule has 1 rings (SSSR count). The van der Waals surface area contributed by atoms with Gasteiger partial charge in [-0.25, -0.2) is 0 Å². The predicted molar refractivity (Wildman–Crippen MR) is 64.6 cm³/mol. The average Bonchev–Trinajstić information content (AvgIpc) is 2.39. The number of hydrogen-bond acceptors (Lipinski definition) is 3. The molecule has 0 bridgehead atoms. The maximum absolute atomic E-state index is 11.7. The van der Waals surface area contributed by atoms with E-state index in [0.29, 0.717) is 18.5 Å². The van der Waals surface area contributed by atoms with E-state index in [2.05, 4.69) is 10.1 Å². The zero-order valence-corrected chi connectivity index (χ0v) is 10.1. The van der Waals surface area contributed by atoms with E-state index in [9.17, 15) is 9.59 Å². The highest BCUT2D eigenvalue weighted by molar-refractivity contribution is 5.94. The summed E-state index contributed by atoms with van der Waals surface area (Å²) in [7, 11) is 1.35. The second kappa shape index (κ2) is 6.68. The first kappa shape index (κ1) is 13.2. The minimum absolute atomic E-state index is 0.173. The number of methoxy groups -OCH3 is 1. The summed E-state index contributed by atoms with van der Waals surface area (Å²) in [5.41, 5.74) is 0.590. The largest absolute Gasteiger partial charge is 0.469 e. The maximum atomic E-state index is 11.7. The lowest BCUT2D eigenvalue weighted by Gasteiger charge is -2.13. The Morgan fingerprint density at radius 3 is 2.47 bits per heavy atom. The molecule has 0 heterocycles. The van der Waals surface area contributed by atoms with Crippen LogP contribution in [0.3, 0.4) is 0 Å². The zero-order valence-electron chi connectivity index (χ0n) is 10.1. The normalized spacial score (nSPS) is 11.6. The van der Waals surface area contributed by atoms with Gasteiger partial charge >= 0.3 is 5.97 Å². The Morgan fingerprint density at radius 2 is 1.94 bits per heavy atom. The van der Waals surface area contributed by atoms with Gasteiger partial charge in [-0.3, -0.25) is 9.59 Å². The fraction of sp³-hybridized carbons (Fsp3) is 0.385. The lowest BCUT2D eigenvalue weighted by Crippen LogP contribution is -2.33. The molecular formula is C13H17NO3. The van der Waals surface area contributed by atoms with Gasteiger partial charge in [0.2, 0.25) is 0 Å². The number of hydrogen-bond donors (Lipinski definition) is 1. The molecule has 0 aliphatic rings. The molecule has 1 aromatic carbocycles. The van der Waals surface area contributed by atoms with Crippen molar-refractivity contribution < 1.29 is 14.3 Å². The lowest BCUT2D eigenvalue weighted by molar-refractivity contribution is -0.145. The highest BCUT2D eigenvalue weighted by atomic mass is 16.5. The van der Waals surface area contributed by atoms with Crippen molar-refractivity contribution in [3.8, 4) is 0 Å². The maximum Gasteiger partial charge on any atom is 0.310 e. The van der Waals surface area contributed by atoms with Crippen molar-refractivity contribution in [1.29, 1.82) is 0 Å². The molecule has 0 radical (unpaired) electrons. The molecule has 0 fully saturated rings. The molecule has 4 nitrogen and oxygen atoms in total. The van der Waals surface area contributed by atoms with E-state index in [1.807, 2.05) is 13.0 Å². The summed E-state index contributed by atoms with van der Waals surface area (Å²) in [6, 6.07) is 8.90. The van der Waals surface area contributed by atoms with Crippen LogP contribution in [0.15, 0.2) is 30.3 Å². The van der Waals surface area contributed by atoms with Crippen LogP contribution in [0.4, 0.5) is 0 Å². The van der Waals surface area contributed by atoms with Crippen LogP contribution in [0, 0.1) is 5.92 Å². The van der Waals surface area contributed by atoms with Crippen molar-refractivity contribution >= 4 is 11.9 Å². The first-order valence-corrected chi connectivity index (χ1v) is 5.60. The Bertz CT molecular complexity index is 376. The van der Waals surface area contributed by atoms with E-state index >= 15 is 0 Å². The summed E-state index contributed by atoms with van der Waals surface area (Å²) < 4.78 is 4.65. The molecule has 4 heteroatoms. The molecule has 92 valence electrons. The Morgan fingerprint density at radius 1 is 1.29 bits per heavy atom. The minimum atomic E-state index is -0.291. The topological polar surface area (TPSA) is 55.4 Å². The summed E-state index contributed by atoms with van der Waals surface area (Å²) in [5, 5.41) is 2.73. The third kappa shape index (κ3) is 3.90. The van der Waals surface area contributed by atoms with Gasteiger partial charge < -0.3 is 10.1 Å². The van der Waals surface area contributed by atoms with Crippen molar-refractivity contribution in [2.75, 3.05) is 13.7 Å². The SMILES string of the molecule is CCC(CNC(=O)c1ccccc1)C(=O)OC. The number of carbonyl (C=O) groups is 2. The molecule has 1 amide bonds. The van der Waals surface area contributed by atoms with Crippen molar-refractivity contribution in [2.24, 2.45) is 5.92 Å². The van der Waals surface area contributed by atoms with Gasteiger partial charge in [0.15, 0.2) is 0 Å². The Hall–Kier alpha value is -1.84. The molecule has 1 aromatic rings. The van der Waals surface area contributed by atoms with E-state index in [4.69, 9.17) is 0 Å².